The number of hydrogen-bond acceptors (Lipinski definition) is 4. The summed E-state index contributed by atoms with van der Waals surface area (Å²) in [6, 6.07) is 3.95. The molecule has 0 saturated heterocycles. The van der Waals surface area contributed by atoms with Crippen LogP contribution in [0.1, 0.15) is 11.4 Å². The standard InChI is InChI=1S/C8H6IN3S/c9-8-11-7(12-13-8)4-6-2-1-3-10-5-6/h1-3,5H,4H2. The van der Waals surface area contributed by atoms with Gasteiger partial charge in [-0.1, -0.05) is 6.07 Å². The van der Waals surface area contributed by atoms with Gasteiger partial charge in [0.1, 0.15) is 5.82 Å². The van der Waals surface area contributed by atoms with Gasteiger partial charge in [0.25, 0.3) is 0 Å². The van der Waals surface area contributed by atoms with Crippen LogP contribution in [-0.4, -0.2) is 14.3 Å². The third-order valence-electron chi connectivity index (χ3n) is 1.53. The first kappa shape index (κ1) is 9.01. The van der Waals surface area contributed by atoms with E-state index in [0.29, 0.717) is 0 Å². The fourth-order valence-corrected chi connectivity index (χ4v) is 2.00. The number of hydrogen-bond donors (Lipinski definition) is 0. The molecule has 0 aliphatic heterocycles. The molecule has 2 aromatic heterocycles. The molecule has 2 aromatic rings. The van der Waals surface area contributed by atoms with E-state index in [1.54, 1.807) is 6.20 Å². The van der Waals surface area contributed by atoms with E-state index in [1.807, 2.05) is 18.3 Å². The minimum atomic E-state index is 0.771. The molecule has 0 amide bonds. The maximum Gasteiger partial charge on any atom is 0.173 e. The predicted molar refractivity (Wildman–Crippen MR) is 59.7 cm³/mol. The van der Waals surface area contributed by atoms with Crippen LogP contribution in [-0.2, 0) is 6.42 Å². The quantitative estimate of drug-likeness (QED) is 0.798. The van der Waals surface area contributed by atoms with Crippen LogP contribution in [0.2, 0.25) is 0 Å². The molecule has 0 radical (unpaired) electrons. The summed E-state index contributed by atoms with van der Waals surface area (Å²) in [5, 5.41) is 0. The molecule has 5 heteroatoms. The molecular weight excluding hydrogens is 297 g/mol. The average Bonchev–Trinajstić information content (AvgIpc) is 2.53. The Labute approximate surface area is 93.6 Å². The first-order valence-corrected chi connectivity index (χ1v) is 5.57. The lowest BCUT2D eigenvalue weighted by molar-refractivity contribution is 1.02. The Bertz CT molecular complexity index is 387. The monoisotopic (exact) mass is 303 g/mol. The lowest BCUT2D eigenvalue weighted by Gasteiger charge is -1.93. The van der Waals surface area contributed by atoms with Crippen molar-refractivity contribution in [2.75, 3.05) is 0 Å². The number of rotatable bonds is 2. The fourth-order valence-electron chi connectivity index (χ4n) is 0.990. The summed E-state index contributed by atoms with van der Waals surface area (Å²) in [7, 11) is 0. The second-order valence-electron chi connectivity index (χ2n) is 2.50. The van der Waals surface area contributed by atoms with Crippen molar-refractivity contribution in [1.29, 1.82) is 0 Å². The highest BCUT2D eigenvalue weighted by Crippen LogP contribution is 2.10. The molecule has 2 rings (SSSR count). The van der Waals surface area contributed by atoms with Crippen LogP contribution >= 0.6 is 34.1 Å². The second kappa shape index (κ2) is 4.10. The molecule has 0 aromatic carbocycles. The molecule has 0 aliphatic rings. The van der Waals surface area contributed by atoms with Gasteiger partial charge in [0.05, 0.1) is 0 Å². The van der Waals surface area contributed by atoms with Crippen molar-refractivity contribution in [2.24, 2.45) is 0 Å². The number of nitrogens with zero attached hydrogens (tertiary/aromatic N) is 3. The van der Waals surface area contributed by atoms with Crippen LogP contribution in [0.4, 0.5) is 0 Å². The molecule has 0 unspecified atom stereocenters. The SMILES string of the molecule is Ic1nc(Cc2cccnc2)ns1. The third kappa shape index (κ3) is 2.44. The van der Waals surface area contributed by atoms with Crippen molar-refractivity contribution in [3.63, 3.8) is 0 Å². The van der Waals surface area contributed by atoms with E-state index in [9.17, 15) is 0 Å². The second-order valence-corrected chi connectivity index (χ2v) is 5.01. The van der Waals surface area contributed by atoms with Crippen molar-refractivity contribution in [2.45, 2.75) is 6.42 Å². The van der Waals surface area contributed by atoms with Crippen LogP contribution in [0.5, 0.6) is 0 Å². The van der Waals surface area contributed by atoms with E-state index >= 15 is 0 Å². The van der Waals surface area contributed by atoms with Crippen molar-refractivity contribution in [1.82, 2.24) is 14.3 Å². The van der Waals surface area contributed by atoms with Gasteiger partial charge in [0, 0.05) is 18.8 Å². The maximum absolute atomic E-state index is 4.27. The van der Waals surface area contributed by atoms with Crippen LogP contribution in [0, 0.1) is 3.01 Å². The highest BCUT2D eigenvalue weighted by atomic mass is 127. The minimum Gasteiger partial charge on any atom is -0.264 e. The van der Waals surface area contributed by atoms with E-state index in [0.717, 1.165) is 20.8 Å². The number of aromatic nitrogens is 3. The van der Waals surface area contributed by atoms with Crippen LogP contribution in [0.25, 0.3) is 0 Å². The average molecular weight is 303 g/mol. The Morgan fingerprint density at radius 2 is 2.38 bits per heavy atom. The zero-order valence-corrected chi connectivity index (χ0v) is 9.62. The Morgan fingerprint density at radius 1 is 1.46 bits per heavy atom. The van der Waals surface area contributed by atoms with Gasteiger partial charge in [-0.15, -0.1) is 0 Å². The molecule has 0 fully saturated rings. The largest absolute Gasteiger partial charge is 0.264 e. The number of halogens is 1. The highest BCUT2D eigenvalue weighted by Gasteiger charge is 2.01. The van der Waals surface area contributed by atoms with E-state index in [-0.39, 0.29) is 0 Å². The van der Waals surface area contributed by atoms with Gasteiger partial charge in [-0.3, -0.25) is 4.98 Å². The Morgan fingerprint density at radius 3 is 3.00 bits per heavy atom. The fraction of sp³-hybridized carbons (Fsp3) is 0.125. The van der Waals surface area contributed by atoms with Gasteiger partial charge in [-0.05, 0) is 45.8 Å². The summed E-state index contributed by atoms with van der Waals surface area (Å²) in [6.07, 6.45) is 4.38. The van der Waals surface area contributed by atoms with E-state index in [4.69, 9.17) is 0 Å². The molecule has 0 bridgehead atoms. The van der Waals surface area contributed by atoms with E-state index < -0.39 is 0 Å². The summed E-state index contributed by atoms with van der Waals surface area (Å²) in [5.41, 5.74) is 1.15. The lowest BCUT2D eigenvalue weighted by Crippen LogP contribution is -1.90. The topological polar surface area (TPSA) is 38.7 Å². The third-order valence-corrected chi connectivity index (χ3v) is 2.90. The molecule has 0 atom stereocenters. The summed E-state index contributed by atoms with van der Waals surface area (Å²) in [6.45, 7) is 0. The molecule has 0 aliphatic carbocycles. The van der Waals surface area contributed by atoms with Crippen molar-refractivity contribution in [3.05, 3.63) is 38.9 Å². The van der Waals surface area contributed by atoms with Gasteiger partial charge in [0.15, 0.2) is 3.01 Å². The lowest BCUT2D eigenvalue weighted by atomic mass is 10.2. The zero-order valence-electron chi connectivity index (χ0n) is 6.64. The summed E-state index contributed by atoms with van der Waals surface area (Å²) >= 11 is 3.60. The molecule has 3 nitrogen and oxygen atoms in total. The molecule has 2 heterocycles. The zero-order chi connectivity index (χ0) is 9.10. The molecule has 0 saturated carbocycles. The van der Waals surface area contributed by atoms with Crippen LogP contribution in [0.15, 0.2) is 24.5 Å². The minimum absolute atomic E-state index is 0.771. The van der Waals surface area contributed by atoms with Crippen LogP contribution < -0.4 is 0 Å². The Balaban J connectivity index is 2.15. The van der Waals surface area contributed by atoms with E-state index in [1.165, 1.54) is 11.5 Å². The molecule has 13 heavy (non-hydrogen) atoms. The van der Waals surface area contributed by atoms with Gasteiger partial charge < -0.3 is 0 Å². The Kier molecular flexibility index (Phi) is 2.84. The molecule has 66 valence electrons. The first-order chi connectivity index (χ1) is 6.34. The summed E-state index contributed by atoms with van der Waals surface area (Å²) in [4.78, 5) is 8.31. The molecule has 0 N–H and O–H groups in total. The normalized spacial score (nSPS) is 10.2. The smallest absolute Gasteiger partial charge is 0.173 e. The van der Waals surface area contributed by atoms with Crippen LogP contribution in [0.3, 0.4) is 0 Å². The predicted octanol–water partition coefficient (Wildman–Crippen LogP) is 2.13. The molecular formula is C8H6IN3S. The van der Waals surface area contributed by atoms with Gasteiger partial charge in [-0.2, -0.15) is 4.37 Å². The Hall–Kier alpha value is -0.560. The van der Waals surface area contributed by atoms with Gasteiger partial charge in [-0.25, -0.2) is 4.98 Å². The summed E-state index contributed by atoms with van der Waals surface area (Å²) in [5.74, 6) is 0.877. The molecule has 0 spiro atoms. The number of pyridine rings is 1. The van der Waals surface area contributed by atoms with Gasteiger partial charge in [0.2, 0.25) is 0 Å². The van der Waals surface area contributed by atoms with Gasteiger partial charge >= 0.3 is 0 Å². The maximum atomic E-state index is 4.27. The first-order valence-electron chi connectivity index (χ1n) is 3.71. The summed E-state index contributed by atoms with van der Waals surface area (Å²) < 4.78 is 5.19. The van der Waals surface area contributed by atoms with Crippen molar-refractivity contribution >= 4 is 34.1 Å². The van der Waals surface area contributed by atoms with E-state index in [2.05, 4.69) is 36.9 Å². The highest BCUT2D eigenvalue weighted by molar-refractivity contribution is 14.1. The van der Waals surface area contributed by atoms with Crippen molar-refractivity contribution < 1.29 is 0 Å². The van der Waals surface area contributed by atoms with Crippen molar-refractivity contribution in [3.8, 4) is 0 Å².